The van der Waals surface area contributed by atoms with Crippen molar-refractivity contribution >= 4 is 43.4 Å². The van der Waals surface area contributed by atoms with E-state index in [1.807, 2.05) is 0 Å². The summed E-state index contributed by atoms with van der Waals surface area (Å²) in [6, 6.07) is 12.0. The van der Waals surface area contributed by atoms with Crippen molar-refractivity contribution in [2.45, 2.75) is 24.4 Å². The third kappa shape index (κ3) is 6.13. The van der Waals surface area contributed by atoms with Crippen molar-refractivity contribution in [2.24, 2.45) is 0 Å². The Bertz CT molecular complexity index is 1270. The van der Waals surface area contributed by atoms with Crippen LogP contribution in [0.25, 0.3) is 0 Å². The van der Waals surface area contributed by atoms with Gasteiger partial charge < -0.3 is 18.9 Å². The van der Waals surface area contributed by atoms with Gasteiger partial charge in [-0.2, -0.15) is 0 Å². The van der Waals surface area contributed by atoms with Crippen molar-refractivity contribution in [1.29, 1.82) is 0 Å². The van der Waals surface area contributed by atoms with E-state index in [0.29, 0.717) is 0 Å². The highest BCUT2D eigenvalue weighted by molar-refractivity contribution is 7.92. The predicted molar refractivity (Wildman–Crippen MR) is 128 cm³/mol. The maximum absolute atomic E-state index is 12.8. The number of esters is 2. The fraction of sp³-hybridized carbons (Fsp3) is 0.364. The first-order chi connectivity index (χ1) is 16.9. The summed E-state index contributed by atoms with van der Waals surface area (Å²) in [5, 5.41) is 0. The number of para-hydroxylation sites is 2. The summed E-state index contributed by atoms with van der Waals surface area (Å²) in [6.07, 6.45) is -1.15. The van der Waals surface area contributed by atoms with Crippen LogP contribution < -0.4 is 9.44 Å². The van der Waals surface area contributed by atoms with Crippen molar-refractivity contribution in [3.63, 3.8) is 0 Å². The van der Waals surface area contributed by atoms with Crippen LogP contribution in [-0.2, 0) is 39.0 Å². The molecule has 0 aromatic heterocycles. The van der Waals surface area contributed by atoms with Gasteiger partial charge in [0.25, 0.3) is 0 Å². The largest absolute Gasteiger partial charge is 0.453 e. The first-order valence-electron chi connectivity index (χ1n) is 10.7. The average molecular weight is 541 g/mol. The summed E-state index contributed by atoms with van der Waals surface area (Å²) in [5.74, 6) is -1.55. The van der Waals surface area contributed by atoms with Crippen LogP contribution in [0.15, 0.2) is 48.5 Å². The van der Waals surface area contributed by atoms with Gasteiger partial charge in [0.05, 0.1) is 48.2 Å². The number of carbonyl (C=O) groups is 2. The van der Waals surface area contributed by atoms with E-state index >= 15 is 0 Å². The molecular weight excluding hydrogens is 516 g/mol. The van der Waals surface area contributed by atoms with E-state index in [-0.39, 0.29) is 35.7 Å². The van der Waals surface area contributed by atoms with E-state index in [1.54, 1.807) is 24.3 Å². The molecule has 0 amide bonds. The Morgan fingerprint density at radius 1 is 0.722 bits per heavy atom. The van der Waals surface area contributed by atoms with E-state index in [9.17, 15) is 26.4 Å². The lowest BCUT2D eigenvalue weighted by Gasteiger charge is -2.18. The highest BCUT2D eigenvalue weighted by atomic mass is 32.2. The molecule has 194 valence electrons. The van der Waals surface area contributed by atoms with Gasteiger partial charge in [0.15, 0.2) is 12.2 Å². The number of ether oxygens (including phenoxy) is 4. The third-order valence-corrected chi connectivity index (χ3v) is 6.55. The molecule has 0 bridgehead atoms. The van der Waals surface area contributed by atoms with Gasteiger partial charge in [0.1, 0.15) is 12.2 Å². The standard InChI is InChI=1S/C22H24N2O10S2/c1-35(27,28)23-15-9-5-3-7-13(15)21(25)33-17-11-31-20-18(12-32-19(17)20)34-22(26)14-8-4-6-10-16(14)24-36(2,29)30/h3-10,17-20,23-24H,11-12H2,1-2H3/t17-,18?,19-,20-/m1/s1. The van der Waals surface area contributed by atoms with Gasteiger partial charge in [-0.05, 0) is 24.3 Å². The van der Waals surface area contributed by atoms with Crippen LogP contribution in [0.1, 0.15) is 20.7 Å². The van der Waals surface area contributed by atoms with Crippen molar-refractivity contribution in [1.82, 2.24) is 0 Å². The molecule has 2 fully saturated rings. The minimum absolute atomic E-state index is 0.0160. The van der Waals surface area contributed by atoms with Gasteiger partial charge in [-0.3, -0.25) is 9.44 Å². The molecule has 2 aromatic rings. The summed E-state index contributed by atoms with van der Waals surface area (Å²) in [5.41, 5.74) is 0.173. The van der Waals surface area contributed by atoms with Crippen molar-refractivity contribution < 1.29 is 45.4 Å². The molecule has 2 N–H and O–H groups in total. The topological polar surface area (TPSA) is 163 Å². The van der Waals surface area contributed by atoms with Gasteiger partial charge in [0, 0.05) is 0 Å². The molecule has 36 heavy (non-hydrogen) atoms. The van der Waals surface area contributed by atoms with Crippen molar-refractivity contribution in [3.8, 4) is 0 Å². The molecule has 2 aliphatic rings. The van der Waals surface area contributed by atoms with Crippen molar-refractivity contribution in [3.05, 3.63) is 59.7 Å². The number of rotatable bonds is 8. The average Bonchev–Trinajstić information content (AvgIpc) is 3.35. The minimum Gasteiger partial charge on any atom is -0.453 e. The molecular formula is C22H24N2O10S2. The fourth-order valence-electron chi connectivity index (χ4n) is 3.93. The second-order valence-electron chi connectivity index (χ2n) is 8.32. The lowest BCUT2D eigenvalue weighted by atomic mass is 10.1. The number of hydrogen-bond donors (Lipinski definition) is 2. The predicted octanol–water partition coefficient (Wildman–Crippen LogP) is 0.978. The van der Waals surface area contributed by atoms with E-state index in [0.717, 1.165) is 12.5 Å². The summed E-state index contributed by atoms with van der Waals surface area (Å²) in [4.78, 5) is 25.6. The Balaban J connectivity index is 1.42. The van der Waals surface area contributed by atoms with Crippen LogP contribution in [0.5, 0.6) is 0 Å². The Kier molecular flexibility index (Phi) is 7.22. The molecule has 0 aliphatic carbocycles. The van der Waals surface area contributed by atoms with E-state index in [2.05, 4.69) is 9.44 Å². The van der Waals surface area contributed by atoms with Crippen LogP contribution in [0, 0.1) is 0 Å². The molecule has 2 heterocycles. The van der Waals surface area contributed by atoms with Gasteiger partial charge in [-0.15, -0.1) is 0 Å². The quantitative estimate of drug-likeness (QED) is 0.461. The molecule has 0 radical (unpaired) electrons. The summed E-state index contributed by atoms with van der Waals surface area (Å²) < 4.78 is 73.4. The van der Waals surface area contributed by atoms with Crippen LogP contribution in [0.2, 0.25) is 0 Å². The number of sulfonamides is 2. The van der Waals surface area contributed by atoms with Crippen LogP contribution in [-0.4, -0.2) is 78.9 Å². The van der Waals surface area contributed by atoms with Crippen molar-refractivity contribution in [2.75, 3.05) is 35.2 Å². The van der Waals surface area contributed by atoms with E-state index in [4.69, 9.17) is 18.9 Å². The normalized spacial score (nSPS) is 23.5. The molecule has 2 aliphatic heterocycles. The third-order valence-electron chi connectivity index (χ3n) is 5.36. The molecule has 0 spiro atoms. The smallest absolute Gasteiger partial charge is 0.340 e. The molecule has 1 unspecified atom stereocenters. The molecule has 4 atom stereocenters. The Labute approximate surface area is 208 Å². The summed E-state index contributed by atoms with van der Waals surface area (Å²) in [6.45, 7) is -0.0496. The van der Waals surface area contributed by atoms with E-state index in [1.165, 1.54) is 24.3 Å². The van der Waals surface area contributed by atoms with Crippen LogP contribution >= 0.6 is 0 Å². The number of carbonyl (C=O) groups excluding carboxylic acids is 2. The molecule has 0 saturated carbocycles. The van der Waals surface area contributed by atoms with Crippen LogP contribution in [0.3, 0.4) is 0 Å². The first kappa shape index (κ1) is 25.9. The van der Waals surface area contributed by atoms with Gasteiger partial charge in [-0.1, -0.05) is 24.3 Å². The molecule has 12 nitrogen and oxygen atoms in total. The molecule has 2 saturated heterocycles. The zero-order valence-corrected chi connectivity index (χ0v) is 20.9. The number of benzene rings is 2. The first-order valence-corrected chi connectivity index (χ1v) is 14.5. The lowest BCUT2D eigenvalue weighted by Crippen LogP contribution is -2.36. The maximum atomic E-state index is 12.8. The minimum atomic E-state index is -3.62. The lowest BCUT2D eigenvalue weighted by molar-refractivity contribution is -0.0286. The highest BCUT2D eigenvalue weighted by Crippen LogP contribution is 2.32. The summed E-state index contributed by atoms with van der Waals surface area (Å²) in [7, 11) is -7.25. The fourth-order valence-corrected chi connectivity index (χ4v) is 5.09. The van der Waals surface area contributed by atoms with Gasteiger partial charge >= 0.3 is 11.9 Å². The molecule has 2 aromatic carbocycles. The van der Waals surface area contributed by atoms with Gasteiger partial charge in [0.2, 0.25) is 20.0 Å². The number of anilines is 2. The Morgan fingerprint density at radius 3 is 1.44 bits per heavy atom. The number of hydrogen-bond acceptors (Lipinski definition) is 10. The number of fused-ring (bicyclic) bond motifs is 1. The van der Waals surface area contributed by atoms with Gasteiger partial charge in [-0.25, -0.2) is 26.4 Å². The Hall–Kier alpha value is -3.20. The SMILES string of the molecule is CS(=O)(=O)Nc1ccccc1C(=O)OC1CO[C@H]2[C@@H]1OC[C@H]2OC(=O)c1ccccc1NS(C)(=O)=O. The van der Waals surface area contributed by atoms with Crippen LogP contribution in [0.4, 0.5) is 11.4 Å². The Morgan fingerprint density at radius 2 is 1.08 bits per heavy atom. The second kappa shape index (κ2) is 10.0. The van der Waals surface area contributed by atoms with E-state index < -0.39 is 56.4 Å². The second-order valence-corrected chi connectivity index (χ2v) is 11.8. The number of nitrogens with one attached hydrogen (secondary N) is 2. The summed E-state index contributed by atoms with van der Waals surface area (Å²) >= 11 is 0. The maximum Gasteiger partial charge on any atom is 0.340 e. The highest BCUT2D eigenvalue weighted by Gasteiger charge is 2.51. The monoisotopic (exact) mass is 540 g/mol. The molecule has 14 heteroatoms. The zero-order valence-electron chi connectivity index (χ0n) is 19.2. The zero-order chi connectivity index (χ0) is 26.1. The molecule has 4 rings (SSSR count).